The molecule has 1 heterocycles. The largest absolute Gasteiger partial charge is 0.493 e. The number of halogens is 4. The molecule has 0 bridgehead atoms. The first kappa shape index (κ1) is 22.9. The zero-order valence-electron chi connectivity index (χ0n) is 16.7. The number of benzene rings is 2. The van der Waals surface area contributed by atoms with Crippen LogP contribution in [0.3, 0.4) is 0 Å². The predicted molar refractivity (Wildman–Crippen MR) is 115 cm³/mol. The molecule has 2 aromatic rings. The summed E-state index contributed by atoms with van der Waals surface area (Å²) in [6, 6.07) is 7.36. The SMILES string of the molecule is COc1cc(Br)c(SNc2ccc(C(F)(F)F)c(OC3CCN(C)C3)c2)cc1OC. The Morgan fingerprint density at radius 3 is 2.40 bits per heavy atom. The van der Waals surface area contributed by atoms with Crippen LogP contribution in [-0.4, -0.2) is 45.4 Å². The average Bonchev–Trinajstić information content (AvgIpc) is 3.10. The van der Waals surface area contributed by atoms with Gasteiger partial charge in [0.05, 0.1) is 19.8 Å². The number of ether oxygens (including phenoxy) is 3. The van der Waals surface area contributed by atoms with Crippen molar-refractivity contribution >= 4 is 33.6 Å². The Morgan fingerprint density at radius 1 is 1.10 bits per heavy atom. The Balaban J connectivity index is 1.80. The molecule has 0 spiro atoms. The van der Waals surface area contributed by atoms with E-state index in [0.29, 0.717) is 30.2 Å². The zero-order chi connectivity index (χ0) is 21.9. The van der Waals surface area contributed by atoms with Gasteiger partial charge < -0.3 is 23.8 Å². The van der Waals surface area contributed by atoms with Gasteiger partial charge in [0.2, 0.25) is 0 Å². The van der Waals surface area contributed by atoms with Crippen molar-refractivity contribution in [3.05, 3.63) is 40.4 Å². The van der Waals surface area contributed by atoms with E-state index in [9.17, 15) is 13.2 Å². The maximum absolute atomic E-state index is 13.4. The van der Waals surface area contributed by atoms with Crippen LogP contribution in [0.25, 0.3) is 0 Å². The van der Waals surface area contributed by atoms with Gasteiger partial charge in [-0.1, -0.05) is 0 Å². The molecule has 0 radical (unpaired) electrons. The maximum Gasteiger partial charge on any atom is 0.419 e. The van der Waals surface area contributed by atoms with Crippen molar-refractivity contribution in [3.63, 3.8) is 0 Å². The van der Waals surface area contributed by atoms with E-state index < -0.39 is 11.7 Å². The minimum absolute atomic E-state index is 0.167. The standard InChI is InChI=1S/C20H22BrF3N2O3S/c1-26-7-6-13(11-26)29-16-8-12(4-5-14(16)20(22,23)24)25-30-19-10-18(28-3)17(27-2)9-15(19)21/h4-5,8-10,13,25H,6-7,11H2,1-3H3. The summed E-state index contributed by atoms with van der Waals surface area (Å²) < 4.78 is 60.4. The fourth-order valence-electron chi connectivity index (χ4n) is 3.12. The van der Waals surface area contributed by atoms with Crippen LogP contribution in [0.1, 0.15) is 12.0 Å². The summed E-state index contributed by atoms with van der Waals surface area (Å²) in [6.45, 7) is 1.40. The third kappa shape index (κ3) is 5.47. The Morgan fingerprint density at radius 2 is 1.80 bits per heavy atom. The van der Waals surface area contributed by atoms with Crippen molar-refractivity contribution in [2.75, 3.05) is 39.1 Å². The number of alkyl halides is 3. The van der Waals surface area contributed by atoms with Crippen LogP contribution in [-0.2, 0) is 6.18 Å². The quantitative estimate of drug-likeness (QED) is 0.486. The van der Waals surface area contributed by atoms with Crippen molar-refractivity contribution in [2.24, 2.45) is 0 Å². The number of hydrogen-bond donors (Lipinski definition) is 1. The van der Waals surface area contributed by atoms with E-state index in [-0.39, 0.29) is 11.9 Å². The predicted octanol–water partition coefficient (Wildman–Crippen LogP) is 5.69. The van der Waals surface area contributed by atoms with Crippen molar-refractivity contribution in [1.29, 1.82) is 0 Å². The van der Waals surface area contributed by atoms with E-state index in [1.165, 1.54) is 31.2 Å². The molecule has 1 aliphatic rings. The third-order valence-electron chi connectivity index (χ3n) is 4.65. The molecule has 1 unspecified atom stereocenters. The van der Waals surface area contributed by atoms with Crippen LogP contribution in [0.5, 0.6) is 17.2 Å². The van der Waals surface area contributed by atoms with Gasteiger partial charge in [0.15, 0.2) is 11.5 Å². The first-order valence-corrected chi connectivity index (χ1v) is 10.7. The van der Waals surface area contributed by atoms with Crippen LogP contribution < -0.4 is 18.9 Å². The summed E-state index contributed by atoms with van der Waals surface area (Å²) in [7, 11) is 5.00. The molecule has 1 N–H and O–H groups in total. The smallest absolute Gasteiger partial charge is 0.419 e. The number of likely N-dealkylation sites (N-methyl/N-ethyl adjacent to an activating group) is 1. The number of hydrogen-bond acceptors (Lipinski definition) is 6. The first-order valence-electron chi connectivity index (χ1n) is 9.12. The van der Waals surface area contributed by atoms with Crippen LogP contribution in [0.15, 0.2) is 39.7 Å². The lowest BCUT2D eigenvalue weighted by atomic mass is 10.1. The third-order valence-corrected chi connectivity index (χ3v) is 6.46. The summed E-state index contributed by atoms with van der Waals surface area (Å²) in [4.78, 5) is 2.82. The van der Waals surface area contributed by atoms with E-state index in [2.05, 4.69) is 20.7 Å². The van der Waals surface area contributed by atoms with Gasteiger partial charge in [0.25, 0.3) is 0 Å². The number of nitrogens with zero attached hydrogens (tertiary/aromatic N) is 1. The molecule has 2 aromatic carbocycles. The molecule has 1 atom stereocenters. The van der Waals surface area contributed by atoms with Gasteiger partial charge in [-0.05, 0) is 59.5 Å². The Labute approximate surface area is 186 Å². The maximum atomic E-state index is 13.4. The molecule has 30 heavy (non-hydrogen) atoms. The van der Waals surface area contributed by atoms with Gasteiger partial charge in [-0.15, -0.1) is 0 Å². The van der Waals surface area contributed by atoms with E-state index in [0.717, 1.165) is 22.0 Å². The van der Waals surface area contributed by atoms with E-state index >= 15 is 0 Å². The molecule has 3 rings (SSSR count). The summed E-state index contributed by atoms with van der Waals surface area (Å²) in [6.07, 6.45) is -4.06. The minimum Gasteiger partial charge on any atom is -0.493 e. The summed E-state index contributed by atoms with van der Waals surface area (Å²) in [5.41, 5.74) is -0.282. The summed E-state index contributed by atoms with van der Waals surface area (Å²) in [5, 5.41) is 0. The van der Waals surface area contributed by atoms with Crippen LogP contribution in [0, 0.1) is 0 Å². The number of likely N-dealkylation sites (tertiary alicyclic amines) is 1. The molecule has 164 valence electrons. The monoisotopic (exact) mass is 506 g/mol. The Kier molecular flexibility index (Phi) is 7.30. The first-order chi connectivity index (χ1) is 14.2. The van der Waals surface area contributed by atoms with Crippen molar-refractivity contribution in [3.8, 4) is 17.2 Å². The lowest BCUT2D eigenvalue weighted by molar-refractivity contribution is -0.139. The molecule has 0 aromatic heterocycles. The molecule has 0 aliphatic carbocycles. The van der Waals surface area contributed by atoms with Gasteiger partial charge in [0, 0.05) is 40.3 Å². The van der Waals surface area contributed by atoms with E-state index in [1.807, 2.05) is 11.9 Å². The van der Waals surface area contributed by atoms with Crippen LogP contribution >= 0.6 is 27.9 Å². The number of rotatable bonds is 7. The lowest BCUT2D eigenvalue weighted by Crippen LogP contribution is -2.22. The van der Waals surface area contributed by atoms with Crippen molar-refractivity contribution in [2.45, 2.75) is 23.6 Å². The molecule has 0 amide bonds. The molecule has 0 saturated carbocycles. The summed E-state index contributed by atoms with van der Waals surface area (Å²) in [5.74, 6) is 0.951. The second-order valence-electron chi connectivity index (χ2n) is 6.84. The van der Waals surface area contributed by atoms with Gasteiger partial charge in [-0.2, -0.15) is 13.2 Å². The highest BCUT2D eigenvalue weighted by molar-refractivity contribution is 9.10. The van der Waals surface area contributed by atoms with E-state index in [4.69, 9.17) is 14.2 Å². The van der Waals surface area contributed by atoms with Gasteiger partial charge in [-0.25, -0.2) is 0 Å². The van der Waals surface area contributed by atoms with Gasteiger partial charge in [-0.3, -0.25) is 0 Å². The Hall–Kier alpha value is -1.78. The highest BCUT2D eigenvalue weighted by Crippen LogP contribution is 2.41. The number of anilines is 1. The van der Waals surface area contributed by atoms with Crippen LogP contribution in [0.2, 0.25) is 0 Å². The fraction of sp³-hybridized carbons (Fsp3) is 0.400. The molecule has 10 heteroatoms. The average molecular weight is 507 g/mol. The second-order valence-corrected chi connectivity index (χ2v) is 8.54. The summed E-state index contributed by atoms with van der Waals surface area (Å²) >= 11 is 4.70. The molecule has 1 saturated heterocycles. The zero-order valence-corrected chi connectivity index (χ0v) is 19.1. The second kappa shape index (κ2) is 9.57. The number of nitrogens with one attached hydrogen (secondary N) is 1. The van der Waals surface area contributed by atoms with Crippen LogP contribution in [0.4, 0.5) is 18.9 Å². The lowest BCUT2D eigenvalue weighted by Gasteiger charge is -2.19. The van der Waals surface area contributed by atoms with Crippen molar-refractivity contribution in [1.82, 2.24) is 4.90 Å². The number of methoxy groups -OCH3 is 2. The molecule has 1 fully saturated rings. The molecule has 1 aliphatic heterocycles. The minimum atomic E-state index is -4.49. The molecule has 5 nitrogen and oxygen atoms in total. The van der Waals surface area contributed by atoms with Gasteiger partial charge in [0.1, 0.15) is 11.9 Å². The molecular formula is C20H22BrF3N2O3S. The topological polar surface area (TPSA) is 43.0 Å². The fourth-order valence-corrected chi connectivity index (χ4v) is 4.36. The molecular weight excluding hydrogens is 485 g/mol. The normalized spacial score (nSPS) is 17.1. The highest BCUT2D eigenvalue weighted by atomic mass is 79.9. The highest BCUT2D eigenvalue weighted by Gasteiger charge is 2.35. The van der Waals surface area contributed by atoms with Gasteiger partial charge >= 0.3 is 6.18 Å². The van der Waals surface area contributed by atoms with Crippen molar-refractivity contribution < 1.29 is 27.4 Å². The Bertz CT molecular complexity index is 898. The van der Waals surface area contributed by atoms with E-state index in [1.54, 1.807) is 19.2 Å².